The van der Waals surface area contributed by atoms with Crippen LogP contribution in [0.2, 0.25) is 0 Å². The third-order valence-corrected chi connectivity index (χ3v) is 6.78. The van der Waals surface area contributed by atoms with Crippen LogP contribution in [-0.4, -0.2) is 4.98 Å². The monoisotopic (exact) mass is 419 g/mol. The first-order valence-electron chi connectivity index (χ1n) is 11.4. The minimum absolute atomic E-state index is 1.17. The van der Waals surface area contributed by atoms with Gasteiger partial charge in [0.1, 0.15) is 0 Å². The highest BCUT2D eigenvalue weighted by molar-refractivity contribution is 6.20. The molecule has 7 rings (SSSR count). The maximum absolute atomic E-state index is 3.75. The zero-order chi connectivity index (χ0) is 21.8. The van der Waals surface area contributed by atoms with Crippen LogP contribution in [0.1, 0.15) is 0 Å². The minimum atomic E-state index is 1.17. The lowest BCUT2D eigenvalue weighted by Crippen LogP contribution is -1.87. The minimum Gasteiger partial charge on any atom is -0.354 e. The van der Waals surface area contributed by atoms with Crippen molar-refractivity contribution in [2.24, 2.45) is 0 Å². The van der Waals surface area contributed by atoms with Gasteiger partial charge < -0.3 is 4.98 Å². The van der Waals surface area contributed by atoms with Gasteiger partial charge in [-0.2, -0.15) is 0 Å². The van der Waals surface area contributed by atoms with Crippen LogP contribution in [0, 0.1) is 0 Å². The summed E-state index contributed by atoms with van der Waals surface area (Å²) >= 11 is 0. The molecule has 0 aliphatic carbocycles. The Hall–Kier alpha value is -4.36. The fraction of sp³-hybridized carbons (Fsp3) is 0. The van der Waals surface area contributed by atoms with Gasteiger partial charge in [0, 0.05) is 21.9 Å². The zero-order valence-electron chi connectivity index (χ0n) is 18.0. The number of hydrogen-bond acceptors (Lipinski definition) is 0. The lowest BCUT2D eigenvalue weighted by Gasteiger charge is -2.13. The Morgan fingerprint density at radius 3 is 1.85 bits per heavy atom. The molecule has 0 bridgehead atoms. The Labute approximate surface area is 191 Å². The van der Waals surface area contributed by atoms with Crippen LogP contribution < -0.4 is 0 Å². The summed E-state index contributed by atoms with van der Waals surface area (Å²) in [6.07, 6.45) is 0. The summed E-state index contributed by atoms with van der Waals surface area (Å²) in [6.45, 7) is 0. The molecule has 7 aromatic rings. The Morgan fingerprint density at radius 1 is 0.424 bits per heavy atom. The largest absolute Gasteiger partial charge is 0.354 e. The Morgan fingerprint density at radius 2 is 1.09 bits per heavy atom. The van der Waals surface area contributed by atoms with E-state index >= 15 is 0 Å². The molecule has 1 heteroatoms. The van der Waals surface area contributed by atoms with Gasteiger partial charge in [0.2, 0.25) is 0 Å². The fourth-order valence-corrected chi connectivity index (χ4v) is 5.24. The van der Waals surface area contributed by atoms with Gasteiger partial charge in [-0.25, -0.2) is 0 Å². The SMILES string of the molecule is c1ccc(-c2ccc3[nH]c4c(-c5c6ccccc6cc6ccccc56)cccc4c3c2)cc1. The highest BCUT2D eigenvalue weighted by Gasteiger charge is 2.15. The van der Waals surface area contributed by atoms with Crippen LogP contribution in [0.5, 0.6) is 0 Å². The van der Waals surface area contributed by atoms with E-state index in [2.05, 4.69) is 126 Å². The highest BCUT2D eigenvalue weighted by Crippen LogP contribution is 2.41. The van der Waals surface area contributed by atoms with Crippen molar-refractivity contribution in [1.82, 2.24) is 4.98 Å². The smallest absolute Gasteiger partial charge is 0.0544 e. The van der Waals surface area contributed by atoms with Crippen LogP contribution in [0.25, 0.3) is 65.6 Å². The first-order chi connectivity index (χ1) is 16.4. The summed E-state index contributed by atoms with van der Waals surface area (Å²) in [6, 6.07) is 43.7. The lowest BCUT2D eigenvalue weighted by atomic mass is 9.91. The topological polar surface area (TPSA) is 15.8 Å². The van der Waals surface area contributed by atoms with Crippen LogP contribution >= 0.6 is 0 Å². The number of hydrogen-bond donors (Lipinski definition) is 1. The number of H-pyrrole nitrogens is 1. The second kappa shape index (κ2) is 7.08. The Balaban J connectivity index is 1.57. The maximum Gasteiger partial charge on any atom is 0.0544 e. The predicted octanol–water partition coefficient (Wildman–Crippen LogP) is 8.96. The molecule has 0 atom stereocenters. The molecular formula is C32H21N. The van der Waals surface area contributed by atoms with Crippen molar-refractivity contribution in [2.75, 3.05) is 0 Å². The second-order valence-electron chi connectivity index (χ2n) is 8.67. The van der Waals surface area contributed by atoms with Gasteiger partial charge in [0.25, 0.3) is 0 Å². The van der Waals surface area contributed by atoms with Gasteiger partial charge in [-0.3, -0.25) is 0 Å². The molecule has 1 heterocycles. The second-order valence-corrected chi connectivity index (χ2v) is 8.67. The standard InChI is InChI=1S/C32H21N/c1-2-9-21(10-3-1)22-17-18-30-29(20-22)27-15-8-16-28(32(27)33-30)31-25-13-6-4-11-23(25)19-24-12-5-7-14-26(24)31/h1-20,33H. The van der Waals surface area contributed by atoms with E-state index in [0.717, 1.165) is 0 Å². The van der Waals surface area contributed by atoms with E-state index in [1.54, 1.807) is 0 Å². The van der Waals surface area contributed by atoms with E-state index in [1.807, 2.05) is 0 Å². The van der Waals surface area contributed by atoms with Crippen molar-refractivity contribution in [3.05, 3.63) is 121 Å². The molecule has 0 unspecified atom stereocenters. The zero-order valence-corrected chi connectivity index (χ0v) is 18.0. The maximum atomic E-state index is 3.75. The molecular weight excluding hydrogens is 398 g/mol. The van der Waals surface area contributed by atoms with E-state index in [1.165, 1.54) is 65.6 Å². The molecule has 154 valence electrons. The molecule has 0 radical (unpaired) electrons. The number of aromatic nitrogens is 1. The Bertz CT molecular complexity index is 1750. The van der Waals surface area contributed by atoms with Crippen LogP contribution in [0.15, 0.2) is 121 Å². The normalized spacial score (nSPS) is 11.6. The first-order valence-corrected chi connectivity index (χ1v) is 11.4. The van der Waals surface area contributed by atoms with Crippen molar-refractivity contribution in [3.63, 3.8) is 0 Å². The van der Waals surface area contributed by atoms with Crippen molar-refractivity contribution in [3.8, 4) is 22.3 Å². The van der Waals surface area contributed by atoms with E-state index in [0.29, 0.717) is 0 Å². The molecule has 1 aromatic heterocycles. The molecule has 1 nitrogen and oxygen atoms in total. The molecule has 0 saturated heterocycles. The number of benzene rings is 6. The summed E-state index contributed by atoms with van der Waals surface area (Å²) in [5.41, 5.74) is 7.39. The molecule has 0 aliphatic rings. The fourth-order valence-electron chi connectivity index (χ4n) is 5.24. The van der Waals surface area contributed by atoms with Crippen molar-refractivity contribution < 1.29 is 0 Å². The van der Waals surface area contributed by atoms with Gasteiger partial charge >= 0.3 is 0 Å². The molecule has 0 spiro atoms. The van der Waals surface area contributed by atoms with Crippen LogP contribution in [-0.2, 0) is 0 Å². The van der Waals surface area contributed by atoms with Gasteiger partial charge in [-0.1, -0.05) is 103 Å². The quantitative estimate of drug-likeness (QED) is 0.269. The number of rotatable bonds is 2. The van der Waals surface area contributed by atoms with Crippen molar-refractivity contribution in [1.29, 1.82) is 0 Å². The summed E-state index contributed by atoms with van der Waals surface area (Å²) in [5.74, 6) is 0. The molecule has 0 saturated carbocycles. The Kier molecular flexibility index (Phi) is 3.91. The molecule has 33 heavy (non-hydrogen) atoms. The van der Waals surface area contributed by atoms with Gasteiger partial charge in [-0.05, 0) is 56.4 Å². The molecule has 0 fully saturated rings. The van der Waals surface area contributed by atoms with E-state index in [9.17, 15) is 0 Å². The third-order valence-electron chi connectivity index (χ3n) is 6.78. The predicted molar refractivity (Wildman–Crippen MR) is 142 cm³/mol. The number of para-hydroxylation sites is 1. The molecule has 1 N–H and O–H groups in total. The molecule has 0 aliphatic heterocycles. The van der Waals surface area contributed by atoms with Crippen LogP contribution in [0.4, 0.5) is 0 Å². The summed E-state index contributed by atoms with van der Waals surface area (Å²) < 4.78 is 0. The van der Waals surface area contributed by atoms with Crippen molar-refractivity contribution in [2.45, 2.75) is 0 Å². The third kappa shape index (κ3) is 2.79. The van der Waals surface area contributed by atoms with Gasteiger partial charge in [0.05, 0.1) is 5.52 Å². The van der Waals surface area contributed by atoms with Gasteiger partial charge in [0.15, 0.2) is 0 Å². The molecule has 6 aromatic carbocycles. The number of nitrogens with one attached hydrogen (secondary N) is 1. The highest BCUT2D eigenvalue weighted by atomic mass is 14.7. The average Bonchev–Trinajstić information content (AvgIpc) is 3.26. The first kappa shape index (κ1) is 18.2. The average molecular weight is 420 g/mol. The van der Waals surface area contributed by atoms with Crippen LogP contribution in [0.3, 0.4) is 0 Å². The van der Waals surface area contributed by atoms with Crippen molar-refractivity contribution >= 4 is 43.4 Å². The number of aromatic amines is 1. The van der Waals surface area contributed by atoms with E-state index < -0.39 is 0 Å². The summed E-state index contributed by atoms with van der Waals surface area (Å²) in [7, 11) is 0. The lowest BCUT2D eigenvalue weighted by molar-refractivity contribution is 1.54. The summed E-state index contributed by atoms with van der Waals surface area (Å²) in [5, 5.41) is 7.63. The van der Waals surface area contributed by atoms with Gasteiger partial charge in [-0.15, -0.1) is 0 Å². The van der Waals surface area contributed by atoms with E-state index in [4.69, 9.17) is 0 Å². The molecule has 0 amide bonds. The summed E-state index contributed by atoms with van der Waals surface area (Å²) in [4.78, 5) is 3.75. The number of fused-ring (bicyclic) bond motifs is 5. The van der Waals surface area contributed by atoms with E-state index in [-0.39, 0.29) is 0 Å².